The van der Waals surface area contributed by atoms with E-state index in [1.807, 2.05) is 10.9 Å². The van der Waals surface area contributed by atoms with Gasteiger partial charge in [0.15, 0.2) is 6.04 Å². The van der Waals surface area contributed by atoms with Crippen molar-refractivity contribution in [1.82, 2.24) is 21.5 Å². The Morgan fingerprint density at radius 3 is 2.07 bits per heavy atom. The number of rotatable bonds is 9. The fourth-order valence-corrected chi connectivity index (χ4v) is 1.64. The van der Waals surface area contributed by atoms with Gasteiger partial charge in [0.1, 0.15) is 12.1 Å². The van der Waals surface area contributed by atoms with Crippen molar-refractivity contribution in [2.45, 2.75) is 37.6 Å². The van der Waals surface area contributed by atoms with Crippen LogP contribution in [0.2, 0.25) is 0 Å². The molecule has 0 fully saturated rings. The van der Waals surface area contributed by atoms with Crippen LogP contribution >= 0.6 is 0 Å². The molecule has 0 saturated carbocycles. The fraction of sp³-hybridized carbons (Fsp3) is 0.615. The summed E-state index contributed by atoms with van der Waals surface area (Å²) in [5.74, 6) is -3.85. The normalized spacial score (nSPS) is 14.7. The minimum Gasteiger partial charge on any atom is -0.467 e. The summed E-state index contributed by atoms with van der Waals surface area (Å²) in [6, 6.07) is -5.36. The van der Waals surface area contributed by atoms with Crippen molar-refractivity contribution >= 4 is 29.7 Å². The largest absolute Gasteiger partial charge is 0.467 e. The van der Waals surface area contributed by atoms with Crippen LogP contribution in [0.4, 0.5) is 4.79 Å². The highest BCUT2D eigenvalue weighted by Crippen LogP contribution is 1.97. The highest BCUT2D eigenvalue weighted by molar-refractivity contribution is 5.93. The summed E-state index contributed by atoms with van der Waals surface area (Å²) in [4.78, 5) is 58.0. The molecule has 0 aromatic rings. The molecule has 10 N–H and O–H groups in total. The van der Waals surface area contributed by atoms with Crippen LogP contribution in [0.1, 0.15) is 13.3 Å². The van der Waals surface area contributed by atoms with Crippen LogP contribution < -0.4 is 33.0 Å². The number of esters is 1. The molecule has 14 heteroatoms. The number of ether oxygens (including phenoxy) is 1. The van der Waals surface area contributed by atoms with Crippen LogP contribution in [0.5, 0.6) is 0 Å². The molecule has 0 aliphatic rings. The molecule has 0 bridgehead atoms. The van der Waals surface area contributed by atoms with E-state index in [0.29, 0.717) is 0 Å². The first-order valence-electron chi connectivity index (χ1n) is 7.60. The van der Waals surface area contributed by atoms with Crippen LogP contribution in [0.3, 0.4) is 0 Å². The predicted octanol–water partition coefficient (Wildman–Crippen LogP) is -5.08. The molecule has 14 nitrogen and oxygen atoms in total. The van der Waals surface area contributed by atoms with Gasteiger partial charge in [0.05, 0.1) is 26.2 Å². The molecule has 154 valence electrons. The molecule has 0 spiro atoms. The molecule has 27 heavy (non-hydrogen) atoms. The van der Waals surface area contributed by atoms with E-state index in [9.17, 15) is 29.1 Å². The summed E-state index contributed by atoms with van der Waals surface area (Å²) in [6.45, 7) is 0.538. The van der Waals surface area contributed by atoms with E-state index in [-0.39, 0.29) is 0 Å². The molecule has 0 radical (unpaired) electrons. The van der Waals surface area contributed by atoms with Crippen molar-refractivity contribution in [3.63, 3.8) is 0 Å². The molecule has 0 aromatic carbocycles. The summed E-state index contributed by atoms with van der Waals surface area (Å²) in [6.07, 6.45) is -1.95. The fourth-order valence-electron chi connectivity index (χ4n) is 1.64. The van der Waals surface area contributed by atoms with Gasteiger partial charge in [-0.2, -0.15) is 0 Å². The van der Waals surface area contributed by atoms with E-state index in [2.05, 4.69) is 15.4 Å². The maximum atomic E-state index is 12.0. The van der Waals surface area contributed by atoms with Crippen molar-refractivity contribution in [2.75, 3.05) is 13.7 Å². The van der Waals surface area contributed by atoms with E-state index in [1.54, 1.807) is 0 Å². The first-order chi connectivity index (χ1) is 12.5. The number of methoxy groups -OCH3 is 1. The summed E-state index contributed by atoms with van der Waals surface area (Å²) < 4.78 is 4.41. The van der Waals surface area contributed by atoms with E-state index >= 15 is 0 Å². The lowest BCUT2D eigenvalue weighted by atomic mass is 10.1. The first kappa shape index (κ1) is 24.0. The average molecular weight is 392 g/mol. The summed E-state index contributed by atoms with van der Waals surface area (Å²) in [7, 11) is 1.04. The molecule has 5 amide bonds. The molecule has 0 aromatic heterocycles. The quantitative estimate of drug-likeness (QED) is 0.138. The Labute approximate surface area is 153 Å². The maximum absolute atomic E-state index is 12.0. The SMILES string of the molecule is COC(=O)[C@@H](NC(=O)N[C@@H](CC(N)=O)C(=O)NNC(=O)[C@@H](N)CO)C(C)O. The van der Waals surface area contributed by atoms with Crippen molar-refractivity contribution < 1.29 is 38.9 Å². The summed E-state index contributed by atoms with van der Waals surface area (Å²) >= 11 is 0. The van der Waals surface area contributed by atoms with Gasteiger partial charge in [0.25, 0.3) is 11.8 Å². The second-order valence-corrected chi connectivity index (χ2v) is 5.35. The number of nitrogens with two attached hydrogens (primary N) is 2. The number of primary amides is 1. The zero-order valence-electron chi connectivity index (χ0n) is 14.7. The highest BCUT2D eigenvalue weighted by Gasteiger charge is 2.29. The topological polar surface area (TPSA) is 235 Å². The smallest absolute Gasteiger partial charge is 0.331 e. The lowest BCUT2D eigenvalue weighted by Crippen LogP contribution is -2.59. The summed E-state index contributed by atoms with van der Waals surface area (Å²) in [5.41, 5.74) is 14.0. The third-order valence-corrected chi connectivity index (χ3v) is 3.09. The molecule has 0 aliphatic heterocycles. The molecular weight excluding hydrogens is 368 g/mol. The monoisotopic (exact) mass is 392 g/mol. The first-order valence-corrected chi connectivity index (χ1v) is 7.60. The minimum atomic E-state index is -1.53. The van der Waals surface area contributed by atoms with Crippen molar-refractivity contribution in [1.29, 1.82) is 0 Å². The number of hydrogen-bond acceptors (Lipinski definition) is 9. The molecule has 0 rings (SSSR count). The number of aliphatic hydroxyl groups is 2. The van der Waals surface area contributed by atoms with Gasteiger partial charge >= 0.3 is 12.0 Å². The second-order valence-electron chi connectivity index (χ2n) is 5.35. The number of aliphatic hydroxyl groups excluding tert-OH is 2. The van der Waals surface area contributed by atoms with Crippen LogP contribution in [-0.4, -0.2) is 77.9 Å². The standard InChI is InChI=1S/C13H24N6O8/c1-5(21)9(12(25)27-2)17-13(26)16-7(3-8(15)22)11(24)19-18-10(23)6(14)4-20/h5-7,9,20-21H,3-4,14H2,1-2H3,(H2,15,22)(H,18,23)(H,19,24)(H2,16,17,26)/t5?,6-,7-,9-/m0/s1. The predicted molar refractivity (Wildman–Crippen MR) is 88.1 cm³/mol. The van der Waals surface area contributed by atoms with Crippen LogP contribution in [0, 0.1) is 0 Å². The molecule has 0 aliphatic carbocycles. The number of carbonyl (C=O) groups is 5. The van der Waals surface area contributed by atoms with E-state index in [0.717, 1.165) is 7.11 Å². The molecule has 0 saturated heterocycles. The third kappa shape index (κ3) is 8.80. The van der Waals surface area contributed by atoms with E-state index in [4.69, 9.17) is 16.6 Å². The Hall–Kier alpha value is -2.97. The Kier molecular flexibility index (Phi) is 10.3. The van der Waals surface area contributed by atoms with Gasteiger partial charge in [-0.05, 0) is 6.92 Å². The van der Waals surface area contributed by atoms with Gasteiger partial charge in [-0.1, -0.05) is 0 Å². The van der Waals surface area contributed by atoms with Crippen LogP contribution in [-0.2, 0) is 23.9 Å². The lowest BCUT2D eigenvalue weighted by Gasteiger charge is -2.22. The average Bonchev–Trinajstić information content (AvgIpc) is 2.61. The van der Waals surface area contributed by atoms with E-state index in [1.165, 1.54) is 6.92 Å². The Balaban J connectivity index is 4.96. The van der Waals surface area contributed by atoms with Gasteiger partial charge in [-0.25, -0.2) is 9.59 Å². The Bertz CT molecular complexity index is 569. The van der Waals surface area contributed by atoms with Crippen molar-refractivity contribution in [3.05, 3.63) is 0 Å². The number of carbonyl (C=O) groups excluding carboxylic acids is 5. The molecule has 4 atom stereocenters. The zero-order chi connectivity index (χ0) is 21.1. The van der Waals surface area contributed by atoms with Gasteiger partial charge in [0.2, 0.25) is 5.91 Å². The second kappa shape index (κ2) is 11.6. The molecule has 1 unspecified atom stereocenters. The lowest BCUT2D eigenvalue weighted by molar-refractivity contribution is -0.145. The number of amides is 5. The van der Waals surface area contributed by atoms with Crippen molar-refractivity contribution in [3.8, 4) is 0 Å². The minimum absolute atomic E-state index is 0.640. The summed E-state index contributed by atoms with van der Waals surface area (Å²) in [5, 5.41) is 22.4. The number of urea groups is 1. The number of hydrazine groups is 1. The van der Waals surface area contributed by atoms with E-state index < -0.39 is 67.0 Å². The number of hydrogen-bond donors (Lipinski definition) is 8. The molecular formula is C13H24N6O8. The van der Waals surface area contributed by atoms with Gasteiger partial charge < -0.3 is 37.1 Å². The number of nitrogens with one attached hydrogen (secondary N) is 4. The Morgan fingerprint density at radius 1 is 1.07 bits per heavy atom. The van der Waals surface area contributed by atoms with Crippen LogP contribution in [0.25, 0.3) is 0 Å². The van der Waals surface area contributed by atoms with Gasteiger partial charge in [-0.3, -0.25) is 25.2 Å². The third-order valence-electron chi connectivity index (χ3n) is 3.09. The zero-order valence-corrected chi connectivity index (χ0v) is 14.7. The highest BCUT2D eigenvalue weighted by atomic mass is 16.5. The molecule has 0 heterocycles. The van der Waals surface area contributed by atoms with Gasteiger partial charge in [-0.15, -0.1) is 0 Å². The van der Waals surface area contributed by atoms with Crippen LogP contribution in [0.15, 0.2) is 0 Å². The van der Waals surface area contributed by atoms with Gasteiger partial charge in [0, 0.05) is 0 Å². The maximum Gasteiger partial charge on any atom is 0.331 e. The Morgan fingerprint density at radius 2 is 1.63 bits per heavy atom. The van der Waals surface area contributed by atoms with Crippen molar-refractivity contribution in [2.24, 2.45) is 11.5 Å².